The van der Waals surface area contributed by atoms with Gasteiger partial charge in [0.25, 0.3) is 0 Å². The smallest absolute Gasteiger partial charge is 0.250 e. The minimum absolute atomic E-state index is 0.420. The zero-order chi connectivity index (χ0) is 11.1. The number of primary amides is 1. The molecule has 2 bridgehead atoms. The molecule has 0 aliphatic carbocycles. The van der Waals surface area contributed by atoms with Gasteiger partial charge in [-0.1, -0.05) is 0 Å². The molecule has 2 aliphatic rings. The predicted octanol–water partition coefficient (Wildman–Crippen LogP) is -0.269. The zero-order valence-electron chi connectivity index (χ0n) is 8.89. The van der Waals surface area contributed by atoms with Crippen molar-refractivity contribution < 1.29 is 4.79 Å². The van der Waals surface area contributed by atoms with E-state index < -0.39 is 5.91 Å². The van der Waals surface area contributed by atoms with Crippen molar-refractivity contribution in [3.8, 4) is 0 Å². The number of carbonyl (C=O) groups is 1. The van der Waals surface area contributed by atoms with Crippen molar-refractivity contribution >= 4 is 11.6 Å². The van der Waals surface area contributed by atoms with E-state index >= 15 is 0 Å². The summed E-state index contributed by atoms with van der Waals surface area (Å²) >= 11 is 0. The van der Waals surface area contributed by atoms with Crippen molar-refractivity contribution in [3.63, 3.8) is 0 Å². The fraction of sp³-hybridized carbons (Fsp3) is 0.455. The fourth-order valence-corrected chi connectivity index (χ4v) is 2.60. The van der Waals surface area contributed by atoms with E-state index in [1.165, 1.54) is 12.6 Å². The van der Waals surface area contributed by atoms with Crippen molar-refractivity contribution in [2.24, 2.45) is 5.73 Å². The second-order valence-corrected chi connectivity index (χ2v) is 4.44. The van der Waals surface area contributed by atoms with Crippen LogP contribution < -0.4 is 16.0 Å². The van der Waals surface area contributed by atoms with E-state index in [-0.39, 0.29) is 0 Å². The molecule has 2 atom stereocenters. The van der Waals surface area contributed by atoms with Crippen LogP contribution in [-0.4, -0.2) is 36.1 Å². The summed E-state index contributed by atoms with van der Waals surface area (Å²) in [5.41, 5.74) is 6.73. The number of nitrogens with one attached hydrogen (secondary N) is 1. The molecule has 2 saturated heterocycles. The Morgan fingerprint density at radius 3 is 3.06 bits per heavy atom. The molecular formula is C11H14N4O. The Morgan fingerprint density at radius 1 is 1.56 bits per heavy atom. The highest BCUT2D eigenvalue weighted by Gasteiger charge is 2.37. The van der Waals surface area contributed by atoms with Gasteiger partial charge in [-0.3, -0.25) is 9.78 Å². The van der Waals surface area contributed by atoms with Crippen LogP contribution in [0.3, 0.4) is 0 Å². The fourth-order valence-electron chi connectivity index (χ4n) is 2.60. The zero-order valence-corrected chi connectivity index (χ0v) is 8.89. The Hall–Kier alpha value is -1.62. The predicted molar refractivity (Wildman–Crippen MR) is 60.3 cm³/mol. The highest BCUT2D eigenvalue weighted by atomic mass is 16.1. The monoisotopic (exact) mass is 218 g/mol. The number of fused-ring (bicyclic) bond motifs is 2. The molecule has 0 saturated carbocycles. The molecule has 16 heavy (non-hydrogen) atoms. The Balaban J connectivity index is 1.89. The minimum Gasteiger partial charge on any atom is -0.366 e. The molecule has 0 radical (unpaired) electrons. The third kappa shape index (κ3) is 1.44. The van der Waals surface area contributed by atoms with Gasteiger partial charge in [-0.25, -0.2) is 0 Å². The number of pyridine rings is 1. The first-order chi connectivity index (χ1) is 7.74. The summed E-state index contributed by atoms with van der Waals surface area (Å²) in [6.45, 7) is 2.01. The second kappa shape index (κ2) is 3.45. The summed E-state index contributed by atoms with van der Waals surface area (Å²) in [6, 6.07) is 2.95. The van der Waals surface area contributed by atoms with Crippen molar-refractivity contribution in [3.05, 3.63) is 24.0 Å². The molecule has 3 rings (SSSR count). The van der Waals surface area contributed by atoms with Crippen LogP contribution in [-0.2, 0) is 0 Å². The van der Waals surface area contributed by atoms with Crippen LogP contribution in [0.4, 0.5) is 5.69 Å². The summed E-state index contributed by atoms with van der Waals surface area (Å²) in [7, 11) is 0. The lowest BCUT2D eigenvalue weighted by atomic mass is 10.2. The molecule has 2 aliphatic heterocycles. The van der Waals surface area contributed by atoms with E-state index in [9.17, 15) is 4.79 Å². The summed E-state index contributed by atoms with van der Waals surface area (Å²) in [4.78, 5) is 17.5. The van der Waals surface area contributed by atoms with E-state index in [0.29, 0.717) is 17.6 Å². The summed E-state index contributed by atoms with van der Waals surface area (Å²) < 4.78 is 0. The van der Waals surface area contributed by atoms with Crippen LogP contribution >= 0.6 is 0 Å². The van der Waals surface area contributed by atoms with Gasteiger partial charge < -0.3 is 16.0 Å². The largest absolute Gasteiger partial charge is 0.366 e. The SMILES string of the molecule is NC(=O)c1cncc(N2C[C@H]3C[C@@H]2CN3)c1. The molecule has 84 valence electrons. The quantitative estimate of drug-likeness (QED) is 0.717. The summed E-state index contributed by atoms with van der Waals surface area (Å²) in [5.74, 6) is -0.420. The van der Waals surface area contributed by atoms with E-state index in [1.54, 1.807) is 6.20 Å². The van der Waals surface area contributed by atoms with Crippen LogP contribution in [0.15, 0.2) is 18.5 Å². The van der Waals surface area contributed by atoms with E-state index in [0.717, 1.165) is 18.8 Å². The Labute approximate surface area is 93.6 Å². The molecule has 0 unspecified atom stereocenters. The molecule has 0 aromatic carbocycles. The lowest BCUT2D eigenvalue weighted by Gasteiger charge is -2.29. The minimum atomic E-state index is -0.420. The molecule has 1 aromatic rings. The number of hydrogen-bond donors (Lipinski definition) is 2. The molecule has 5 heteroatoms. The first-order valence-corrected chi connectivity index (χ1v) is 5.49. The number of amides is 1. The first kappa shape index (κ1) is 9.59. The highest BCUT2D eigenvalue weighted by Crippen LogP contribution is 2.29. The van der Waals surface area contributed by atoms with Crippen molar-refractivity contribution in [2.75, 3.05) is 18.0 Å². The first-order valence-electron chi connectivity index (χ1n) is 5.49. The lowest BCUT2D eigenvalue weighted by Crippen LogP contribution is -2.43. The van der Waals surface area contributed by atoms with Crippen molar-refractivity contribution in [2.45, 2.75) is 18.5 Å². The van der Waals surface area contributed by atoms with Crippen molar-refractivity contribution in [1.82, 2.24) is 10.3 Å². The molecule has 1 aromatic heterocycles. The van der Waals surface area contributed by atoms with Gasteiger partial charge in [0, 0.05) is 31.4 Å². The molecule has 5 nitrogen and oxygen atoms in total. The third-order valence-electron chi connectivity index (χ3n) is 3.40. The number of hydrogen-bond acceptors (Lipinski definition) is 4. The van der Waals surface area contributed by atoms with Gasteiger partial charge in [0.15, 0.2) is 0 Å². The van der Waals surface area contributed by atoms with Crippen molar-refractivity contribution in [1.29, 1.82) is 0 Å². The van der Waals surface area contributed by atoms with Crippen LogP contribution in [0, 0.1) is 0 Å². The number of nitrogens with two attached hydrogens (primary N) is 1. The van der Waals surface area contributed by atoms with Gasteiger partial charge in [0.2, 0.25) is 5.91 Å². The van der Waals surface area contributed by atoms with Gasteiger partial charge >= 0.3 is 0 Å². The van der Waals surface area contributed by atoms with E-state index in [2.05, 4.69) is 15.2 Å². The molecule has 0 spiro atoms. The molecule has 3 heterocycles. The highest BCUT2D eigenvalue weighted by molar-refractivity contribution is 5.93. The van der Waals surface area contributed by atoms with Gasteiger partial charge in [-0.2, -0.15) is 0 Å². The average molecular weight is 218 g/mol. The number of nitrogens with zero attached hydrogens (tertiary/aromatic N) is 2. The van der Waals surface area contributed by atoms with Crippen LogP contribution in [0.2, 0.25) is 0 Å². The molecule has 3 N–H and O–H groups in total. The Morgan fingerprint density at radius 2 is 2.44 bits per heavy atom. The number of anilines is 1. The maximum absolute atomic E-state index is 11.1. The third-order valence-corrected chi connectivity index (χ3v) is 3.40. The summed E-state index contributed by atoms with van der Waals surface area (Å²) in [5, 5.41) is 3.44. The van der Waals surface area contributed by atoms with Crippen LogP contribution in [0.5, 0.6) is 0 Å². The van der Waals surface area contributed by atoms with Gasteiger partial charge in [0.05, 0.1) is 17.4 Å². The maximum Gasteiger partial charge on any atom is 0.250 e. The van der Waals surface area contributed by atoms with E-state index in [4.69, 9.17) is 5.73 Å². The summed E-state index contributed by atoms with van der Waals surface area (Å²) in [6.07, 6.45) is 4.49. The molecular weight excluding hydrogens is 204 g/mol. The van der Waals surface area contributed by atoms with Crippen LogP contribution in [0.25, 0.3) is 0 Å². The topological polar surface area (TPSA) is 71.2 Å². The number of carbonyl (C=O) groups excluding carboxylic acids is 1. The lowest BCUT2D eigenvalue weighted by molar-refractivity contribution is 0.1000. The van der Waals surface area contributed by atoms with Gasteiger partial charge in [-0.15, -0.1) is 0 Å². The molecule has 1 amide bonds. The number of rotatable bonds is 2. The normalized spacial score (nSPS) is 27.4. The standard InChI is InChI=1S/C11H14N4O/c12-11(16)7-1-9(4-13-3-7)15-6-8-2-10(15)5-14-8/h1,3-4,8,10,14H,2,5-6H2,(H2,12,16)/t8-,10-/m1/s1. The van der Waals surface area contributed by atoms with Crippen LogP contribution in [0.1, 0.15) is 16.8 Å². The number of piperazine rings is 1. The van der Waals surface area contributed by atoms with Gasteiger partial charge in [0.1, 0.15) is 0 Å². The average Bonchev–Trinajstić information content (AvgIpc) is 2.91. The number of aromatic nitrogens is 1. The van der Waals surface area contributed by atoms with Gasteiger partial charge in [-0.05, 0) is 12.5 Å². The molecule has 2 fully saturated rings. The Kier molecular flexibility index (Phi) is 2.07. The second-order valence-electron chi connectivity index (χ2n) is 4.44. The maximum atomic E-state index is 11.1. The van der Waals surface area contributed by atoms with E-state index in [1.807, 2.05) is 6.07 Å². The Bertz CT molecular complexity index is 434.